The molecule has 0 aromatic carbocycles. The van der Waals surface area contributed by atoms with Crippen molar-refractivity contribution in [3.8, 4) is 0 Å². The third kappa shape index (κ3) is 44.1. The van der Waals surface area contributed by atoms with Crippen LogP contribution < -0.4 is 0 Å². The molecule has 6 nitrogen and oxygen atoms in total. The van der Waals surface area contributed by atoms with Crippen LogP contribution >= 0.6 is 0 Å². The fourth-order valence-electron chi connectivity index (χ4n) is 2.65. The van der Waals surface area contributed by atoms with Crippen molar-refractivity contribution in [3.63, 3.8) is 0 Å². The Bertz CT molecular complexity index is 379. The Hall–Kier alpha value is 0.262. The van der Waals surface area contributed by atoms with Crippen LogP contribution in [0.3, 0.4) is 0 Å². The minimum absolute atomic E-state index is 0. The van der Waals surface area contributed by atoms with Crippen molar-refractivity contribution in [3.05, 3.63) is 0 Å². The van der Waals surface area contributed by atoms with Gasteiger partial charge in [-0.3, -0.25) is 13.9 Å². The Morgan fingerprint density at radius 1 is 0.654 bits per heavy atom. The molecule has 26 heavy (non-hydrogen) atoms. The van der Waals surface area contributed by atoms with Crippen molar-refractivity contribution in [2.75, 3.05) is 0 Å². The van der Waals surface area contributed by atoms with E-state index in [1.165, 1.54) is 83.5 Å². The summed E-state index contributed by atoms with van der Waals surface area (Å²) in [6.07, 6.45) is 20.2. The molecule has 0 aromatic heterocycles. The Balaban J connectivity index is -0.000000772. The fraction of sp³-hybridized carbons (Fsp3) is 0.944. The van der Waals surface area contributed by atoms with Crippen LogP contribution in [0.2, 0.25) is 0 Å². The first-order chi connectivity index (χ1) is 11.8. The fourth-order valence-corrected chi connectivity index (χ4v) is 2.65. The Kier molecular flexibility index (Phi) is 27.8. The first kappa shape index (κ1) is 31.0. The van der Waals surface area contributed by atoms with Gasteiger partial charge in [0.1, 0.15) is 0 Å². The molecule has 0 saturated heterocycles. The van der Waals surface area contributed by atoms with E-state index in [1.54, 1.807) is 0 Å². The van der Waals surface area contributed by atoms with Crippen LogP contribution in [0.1, 0.15) is 110 Å². The molecule has 0 aliphatic carbocycles. The molecule has 3 N–H and O–H groups in total. The Morgan fingerprint density at radius 3 is 1.12 bits per heavy atom. The molecule has 2 radical (unpaired) electrons. The molecular weight excluding hydrogens is 551 g/mol. The molecule has 8 heteroatoms. The normalized spacial score (nSPS) is 10.6. The van der Waals surface area contributed by atoms with E-state index in [0.29, 0.717) is 6.42 Å². The summed E-state index contributed by atoms with van der Waals surface area (Å²) in [5, 5.41) is 8.52. The summed E-state index contributed by atoms with van der Waals surface area (Å²) in [5.41, 5.74) is 0. The number of carbonyl (C=O) groups is 1. The van der Waals surface area contributed by atoms with E-state index >= 15 is 0 Å². The van der Waals surface area contributed by atoms with Gasteiger partial charge in [-0.1, -0.05) is 96.8 Å². The number of rotatable bonds is 16. The Morgan fingerprint density at radius 2 is 0.885 bits per heavy atom. The first-order valence-corrected chi connectivity index (χ1v) is 11.1. The van der Waals surface area contributed by atoms with E-state index in [4.69, 9.17) is 22.6 Å². The van der Waals surface area contributed by atoms with Gasteiger partial charge in [-0.05, 0) is 6.42 Å². The second-order valence-corrected chi connectivity index (χ2v) is 7.44. The van der Waals surface area contributed by atoms with E-state index < -0.39 is 16.4 Å². The standard InChI is InChI=1S/C18H36O2.H2O4S.Pb.2H/c1-2-3-4-5-6-7-8-9-10-11-12-13-14-15-16-17-18(19)20;1-5(2,3)4;;;/h2-17H2,1H3,(H,19,20);(H2,1,2,3,4);;;. The second-order valence-electron chi connectivity index (χ2n) is 6.54. The molecule has 0 fully saturated rings. The summed E-state index contributed by atoms with van der Waals surface area (Å²) < 4.78 is 31.6. The van der Waals surface area contributed by atoms with E-state index in [2.05, 4.69) is 6.92 Å². The number of aliphatic carboxylic acids is 1. The molecular formula is C18H40O6PbS. The average molecular weight is 592 g/mol. The van der Waals surface area contributed by atoms with Crippen LogP contribution in [-0.4, -0.2) is 55.9 Å². The van der Waals surface area contributed by atoms with Crippen molar-refractivity contribution in [2.45, 2.75) is 110 Å². The van der Waals surface area contributed by atoms with Gasteiger partial charge < -0.3 is 5.11 Å². The van der Waals surface area contributed by atoms with Gasteiger partial charge in [0.25, 0.3) is 0 Å². The van der Waals surface area contributed by atoms with Gasteiger partial charge >= 0.3 is 43.7 Å². The Labute approximate surface area is 180 Å². The van der Waals surface area contributed by atoms with E-state index in [9.17, 15) is 4.79 Å². The molecule has 0 aliphatic rings. The van der Waals surface area contributed by atoms with Gasteiger partial charge in [0.2, 0.25) is 0 Å². The van der Waals surface area contributed by atoms with Crippen molar-refractivity contribution in [2.24, 2.45) is 0 Å². The van der Waals surface area contributed by atoms with E-state index in [0.717, 1.165) is 12.8 Å². The van der Waals surface area contributed by atoms with E-state index in [1.807, 2.05) is 0 Å². The zero-order valence-corrected chi connectivity index (χ0v) is 22.8. The summed E-state index contributed by atoms with van der Waals surface area (Å²) >= 11 is 0. The monoisotopic (exact) mass is 592 g/mol. The topological polar surface area (TPSA) is 112 Å². The number of carboxylic acids is 1. The summed E-state index contributed by atoms with van der Waals surface area (Å²) in [6, 6.07) is 0. The zero-order chi connectivity index (χ0) is 19.4. The van der Waals surface area contributed by atoms with Crippen molar-refractivity contribution in [1.82, 2.24) is 0 Å². The number of hydrogen-bond acceptors (Lipinski definition) is 3. The van der Waals surface area contributed by atoms with Crippen LogP contribution in [0.25, 0.3) is 0 Å². The third-order valence-corrected chi connectivity index (χ3v) is 3.99. The van der Waals surface area contributed by atoms with Crippen LogP contribution in [0.4, 0.5) is 0 Å². The molecule has 0 atom stereocenters. The van der Waals surface area contributed by atoms with Gasteiger partial charge in [0.05, 0.1) is 0 Å². The summed E-state index contributed by atoms with van der Waals surface area (Å²) in [6.45, 7) is 2.27. The van der Waals surface area contributed by atoms with Gasteiger partial charge in [0, 0.05) is 6.42 Å². The van der Waals surface area contributed by atoms with E-state index in [-0.39, 0.29) is 27.3 Å². The molecule has 0 aromatic rings. The van der Waals surface area contributed by atoms with Crippen molar-refractivity contribution < 1.29 is 27.4 Å². The third-order valence-electron chi connectivity index (χ3n) is 3.99. The van der Waals surface area contributed by atoms with Crippen LogP contribution in [0, 0.1) is 0 Å². The molecule has 0 bridgehead atoms. The molecule has 0 aliphatic heterocycles. The predicted molar refractivity (Wildman–Crippen MR) is 110 cm³/mol. The minimum atomic E-state index is -4.67. The number of unbranched alkanes of at least 4 members (excludes halogenated alkanes) is 14. The predicted octanol–water partition coefficient (Wildman–Crippen LogP) is 4.76. The summed E-state index contributed by atoms with van der Waals surface area (Å²) in [7, 11) is -4.67. The van der Waals surface area contributed by atoms with Crippen LogP contribution in [0.15, 0.2) is 0 Å². The van der Waals surface area contributed by atoms with Gasteiger partial charge in [-0.15, -0.1) is 0 Å². The van der Waals surface area contributed by atoms with Crippen LogP contribution in [-0.2, 0) is 15.2 Å². The molecule has 0 heterocycles. The second kappa shape index (κ2) is 23.3. The molecule has 0 amide bonds. The molecule has 0 rings (SSSR count). The first-order valence-electron chi connectivity index (χ1n) is 9.69. The summed E-state index contributed by atoms with van der Waals surface area (Å²) in [4.78, 5) is 10.3. The van der Waals surface area contributed by atoms with Crippen LogP contribution in [0.5, 0.6) is 0 Å². The maximum atomic E-state index is 10.3. The van der Waals surface area contributed by atoms with Crippen molar-refractivity contribution >= 4 is 43.7 Å². The quantitative estimate of drug-likeness (QED) is 0.136. The van der Waals surface area contributed by atoms with Crippen molar-refractivity contribution in [1.29, 1.82) is 0 Å². The van der Waals surface area contributed by atoms with Gasteiger partial charge in [0.15, 0.2) is 0 Å². The summed E-state index contributed by atoms with van der Waals surface area (Å²) in [5.74, 6) is -0.653. The molecule has 0 saturated carbocycles. The van der Waals surface area contributed by atoms with Gasteiger partial charge in [-0.2, -0.15) is 8.42 Å². The van der Waals surface area contributed by atoms with Gasteiger partial charge in [-0.25, -0.2) is 0 Å². The SMILES string of the molecule is CCCCCCCCCCCCCCCCCC(=O)O.O=S(=O)(O)O.[PbH2]. The maximum absolute atomic E-state index is 10.3. The zero-order valence-electron chi connectivity index (χ0n) is 16.5. The molecule has 0 unspecified atom stereocenters. The average Bonchev–Trinajstić information content (AvgIpc) is 2.49. The number of carboxylic acid groups (broad SMARTS) is 1. The molecule has 0 spiro atoms. The molecule has 158 valence electrons. The number of hydrogen-bond donors (Lipinski definition) is 3.